The molecule has 0 saturated carbocycles. The van der Waals surface area contributed by atoms with Gasteiger partial charge in [0.25, 0.3) is 10.1 Å². The molecule has 0 aliphatic rings. The number of ether oxygens (including phenoxy) is 3. The van der Waals surface area contributed by atoms with E-state index in [-0.39, 0.29) is 73.5 Å². The van der Waals surface area contributed by atoms with Crippen molar-refractivity contribution in [3.63, 3.8) is 0 Å². The molecule has 0 fully saturated rings. The summed E-state index contributed by atoms with van der Waals surface area (Å²) in [7, 11) is -18.8. The number of sulfonamides is 1. The lowest BCUT2D eigenvalue weighted by Crippen LogP contribution is -2.48. The Morgan fingerprint density at radius 1 is 0.630 bits per heavy atom. The van der Waals surface area contributed by atoms with Gasteiger partial charge in [0.2, 0.25) is 0 Å². The second kappa shape index (κ2) is 28.6. The smallest absolute Gasteiger partial charge is 0.378 e. The minimum atomic E-state index is -5.26. The van der Waals surface area contributed by atoms with Crippen LogP contribution in [0.15, 0.2) is 0 Å². The fourth-order valence-corrected chi connectivity index (χ4v) is 5.17. The SMILES string of the molecule is C=S(=O)(O)C(C)C.C=S(=O)(O)CC(C)(C)NC(C)C.CC(C)OCCNS(=O)(=O)C(F)(F)F.CC(C)OCCNS(=O)(=O)O.CC(C)OCCS(=O)(=O)O. The zero-order valence-corrected chi connectivity index (χ0v) is 37.3. The zero-order valence-electron chi connectivity index (χ0n) is 33.2. The first-order valence-corrected chi connectivity index (χ1v) is 24.2. The molecular weight excluding hydrogens is 836 g/mol. The molecule has 54 heavy (non-hydrogen) atoms. The van der Waals surface area contributed by atoms with E-state index in [4.69, 9.17) is 32.4 Å². The summed E-state index contributed by atoms with van der Waals surface area (Å²) in [6.07, 6.45) is -0.0784. The summed E-state index contributed by atoms with van der Waals surface area (Å²) in [6.45, 7) is 21.7. The number of hydrogen-bond acceptors (Lipinski definition) is 12. The molecule has 0 spiro atoms. The molecule has 2 unspecified atom stereocenters. The first-order chi connectivity index (χ1) is 23.6. The van der Waals surface area contributed by atoms with Crippen molar-refractivity contribution in [2.24, 2.45) is 0 Å². The van der Waals surface area contributed by atoms with Crippen LogP contribution in [0.2, 0.25) is 0 Å². The highest BCUT2D eigenvalue weighted by atomic mass is 32.2. The summed E-state index contributed by atoms with van der Waals surface area (Å²) in [6, 6.07) is 0.307. The second-order valence-electron chi connectivity index (χ2n) is 13.1. The molecule has 7 N–H and O–H groups in total. The summed E-state index contributed by atoms with van der Waals surface area (Å²) < 4.78 is 170. The van der Waals surface area contributed by atoms with Gasteiger partial charge in [0.15, 0.2) is 0 Å². The molecule has 0 aliphatic heterocycles. The van der Waals surface area contributed by atoms with Gasteiger partial charge in [-0.25, -0.2) is 21.6 Å². The summed E-state index contributed by atoms with van der Waals surface area (Å²) in [4.78, 5) is 0. The van der Waals surface area contributed by atoms with E-state index in [2.05, 4.69) is 17.1 Å². The predicted molar refractivity (Wildman–Crippen MR) is 210 cm³/mol. The summed E-state index contributed by atoms with van der Waals surface area (Å²) in [5.74, 6) is 6.11. The maximum Gasteiger partial charge on any atom is 0.511 e. The van der Waals surface area contributed by atoms with Gasteiger partial charge in [0, 0.05) is 29.9 Å². The molecule has 0 radical (unpaired) electrons. The Kier molecular flexibility index (Phi) is 33.1. The second-order valence-corrected chi connectivity index (χ2v) is 21.8. The number of nitrogens with one attached hydrogen (secondary N) is 3. The van der Waals surface area contributed by atoms with Crippen molar-refractivity contribution in [3.8, 4) is 0 Å². The Balaban J connectivity index is -0.000000188. The van der Waals surface area contributed by atoms with Crippen LogP contribution in [-0.4, -0.2) is 149 Å². The normalized spacial score (nSPS) is 14.8. The van der Waals surface area contributed by atoms with Gasteiger partial charge in [-0.2, -0.15) is 34.7 Å². The largest absolute Gasteiger partial charge is 0.511 e. The van der Waals surface area contributed by atoms with Crippen LogP contribution in [0.3, 0.4) is 0 Å². The van der Waals surface area contributed by atoms with Gasteiger partial charge in [-0.15, -0.1) is 0 Å². The molecule has 0 heterocycles. The van der Waals surface area contributed by atoms with Crippen molar-refractivity contribution >= 4 is 61.8 Å². The predicted octanol–water partition coefficient (Wildman–Crippen LogP) is 2.49. The van der Waals surface area contributed by atoms with Gasteiger partial charge < -0.3 is 28.6 Å². The highest BCUT2D eigenvalue weighted by molar-refractivity contribution is 7.95. The van der Waals surface area contributed by atoms with Gasteiger partial charge in [-0.05, 0) is 81.0 Å². The minimum Gasteiger partial charge on any atom is -0.378 e. The first kappa shape index (κ1) is 62.5. The van der Waals surface area contributed by atoms with E-state index >= 15 is 0 Å². The van der Waals surface area contributed by atoms with Crippen LogP contribution >= 0.6 is 0 Å². The van der Waals surface area contributed by atoms with E-state index in [9.17, 15) is 46.8 Å². The summed E-state index contributed by atoms with van der Waals surface area (Å²) >= 11 is 0. The molecule has 0 aromatic heterocycles. The number of alkyl halides is 3. The van der Waals surface area contributed by atoms with Gasteiger partial charge in [0.05, 0.1) is 69.2 Å². The van der Waals surface area contributed by atoms with Gasteiger partial charge in [-0.1, -0.05) is 13.8 Å². The fourth-order valence-electron chi connectivity index (χ4n) is 2.79. The van der Waals surface area contributed by atoms with E-state index in [1.165, 1.54) is 4.72 Å². The fraction of sp³-hybridized carbons (Fsp3) is 0.929. The standard InChI is InChI=1S/C8H19NO2S.C6H12F3NO3S.C5H13NO4S.C5H12O4S.C4H10O2S/c1-7(2)9-8(3,4)6-12(5,10)11;1-5(2)13-4-3-10-14(11,12)6(7,8)9;1-5(2)10-4-3-6-11(7,8)9;1-5(2)9-3-4-10(6,7)8;1-4(2)7(3,5)6/h7,9H,5-6H2,1-4H3,(H,10,11);5,10H,3-4H2,1-2H3;5-6H,3-4H2,1-2H3,(H,7,8,9);5H,3-4H2,1-2H3,(H,6,7,8);4H,3H2,1-2H3,(H,5,6). The molecular formula is C28H66F3N3O15S5. The summed E-state index contributed by atoms with van der Waals surface area (Å²) in [5, 5.41) is 2.97. The Morgan fingerprint density at radius 2 is 0.963 bits per heavy atom. The number of halogens is 3. The van der Waals surface area contributed by atoms with Gasteiger partial charge in [-0.3, -0.25) is 9.11 Å². The molecule has 0 rings (SSSR count). The lowest BCUT2D eigenvalue weighted by Gasteiger charge is -2.28. The third-order valence-electron chi connectivity index (χ3n) is 4.78. The quantitative estimate of drug-likeness (QED) is 0.0557. The Morgan fingerprint density at radius 3 is 1.20 bits per heavy atom. The van der Waals surface area contributed by atoms with Crippen LogP contribution in [-0.2, 0) is 64.3 Å². The third kappa shape index (κ3) is 55.6. The molecule has 0 saturated heterocycles. The van der Waals surface area contributed by atoms with E-state index < -0.39 is 55.6 Å². The third-order valence-corrected chi connectivity index (χ3v) is 9.87. The molecule has 26 heteroatoms. The molecule has 0 bridgehead atoms. The van der Waals surface area contributed by atoms with Crippen LogP contribution in [0.1, 0.15) is 83.1 Å². The maximum atomic E-state index is 11.7. The van der Waals surface area contributed by atoms with E-state index in [1.807, 2.05) is 46.3 Å². The highest BCUT2D eigenvalue weighted by Crippen LogP contribution is 2.21. The number of rotatable bonds is 19. The Hall–Kier alpha value is -0.720. The van der Waals surface area contributed by atoms with Crippen molar-refractivity contribution in [2.45, 2.75) is 124 Å². The molecule has 0 aromatic rings. The monoisotopic (exact) mass is 901 g/mol. The van der Waals surface area contributed by atoms with Gasteiger partial charge in [0.1, 0.15) is 0 Å². The molecule has 0 aliphatic carbocycles. The van der Waals surface area contributed by atoms with Crippen molar-refractivity contribution < 1.29 is 79.3 Å². The van der Waals surface area contributed by atoms with Crippen molar-refractivity contribution in [1.82, 2.24) is 14.8 Å². The molecule has 18 nitrogen and oxygen atoms in total. The van der Waals surface area contributed by atoms with Crippen molar-refractivity contribution in [3.05, 3.63) is 0 Å². The highest BCUT2D eigenvalue weighted by Gasteiger charge is 2.45. The van der Waals surface area contributed by atoms with E-state index in [0.29, 0.717) is 6.04 Å². The van der Waals surface area contributed by atoms with E-state index in [0.717, 1.165) is 0 Å². The lowest BCUT2D eigenvalue weighted by atomic mass is 10.1. The molecule has 334 valence electrons. The van der Waals surface area contributed by atoms with Crippen LogP contribution in [0.4, 0.5) is 13.2 Å². The van der Waals surface area contributed by atoms with Crippen LogP contribution in [0.5, 0.6) is 0 Å². The average Bonchev–Trinajstić information content (AvgIpc) is 2.85. The molecule has 0 amide bonds. The maximum absolute atomic E-state index is 11.7. The molecule has 2 atom stereocenters. The van der Waals surface area contributed by atoms with Crippen molar-refractivity contribution in [2.75, 3.05) is 44.4 Å². The summed E-state index contributed by atoms with van der Waals surface area (Å²) in [5.41, 5.74) is -5.59. The van der Waals surface area contributed by atoms with Gasteiger partial charge >= 0.3 is 25.8 Å². The lowest BCUT2D eigenvalue weighted by molar-refractivity contribution is -0.0449. The minimum absolute atomic E-state index is 0.00162. The molecule has 0 aromatic carbocycles. The Bertz CT molecular complexity index is 1520. The topological polar surface area (TPSA) is 281 Å². The van der Waals surface area contributed by atoms with Crippen LogP contribution < -0.4 is 14.8 Å². The van der Waals surface area contributed by atoms with Crippen LogP contribution in [0.25, 0.3) is 0 Å². The first-order valence-electron chi connectivity index (χ1n) is 16.1. The Labute approximate surface area is 322 Å². The average molecular weight is 902 g/mol. The number of hydrogen-bond donors (Lipinski definition) is 7. The van der Waals surface area contributed by atoms with Crippen LogP contribution in [0, 0.1) is 0 Å². The van der Waals surface area contributed by atoms with Crippen molar-refractivity contribution in [1.29, 1.82) is 0 Å². The zero-order chi connectivity index (χ0) is 44.6. The van der Waals surface area contributed by atoms with E-state index in [1.54, 1.807) is 41.5 Å².